The van der Waals surface area contributed by atoms with Crippen LogP contribution >= 0.6 is 23.5 Å². The molecule has 0 radical (unpaired) electrons. The molecule has 1 aliphatic heterocycles. The van der Waals surface area contributed by atoms with Gasteiger partial charge in [0.25, 0.3) is 0 Å². The molecule has 5 nitrogen and oxygen atoms in total. The van der Waals surface area contributed by atoms with Crippen molar-refractivity contribution in [1.29, 1.82) is 0 Å². The predicted molar refractivity (Wildman–Crippen MR) is 182 cm³/mol. The van der Waals surface area contributed by atoms with Crippen molar-refractivity contribution < 1.29 is 0 Å². The lowest BCUT2D eigenvalue weighted by molar-refractivity contribution is 1.40. The first-order valence-corrected chi connectivity index (χ1v) is 15.3. The van der Waals surface area contributed by atoms with Crippen molar-refractivity contribution in [1.82, 2.24) is 0 Å². The number of nitrogens with zero attached hydrogens (tertiary/aromatic N) is 5. The van der Waals surface area contributed by atoms with E-state index in [-0.39, 0.29) is 0 Å². The maximum absolute atomic E-state index is 5.18. The minimum atomic E-state index is 0.661. The maximum Gasteiger partial charge on any atom is 0.190 e. The summed E-state index contributed by atoms with van der Waals surface area (Å²) in [6.45, 7) is 0. The van der Waals surface area contributed by atoms with Gasteiger partial charge in [-0.25, -0.2) is 15.0 Å². The molecule has 6 rings (SSSR count). The highest BCUT2D eigenvalue weighted by atomic mass is 32.2. The number of para-hydroxylation sites is 4. The number of hydrogen-bond donors (Lipinski definition) is 0. The molecule has 1 saturated heterocycles. The van der Waals surface area contributed by atoms with Crippen molar-refractivity contribution in [2.75, 3.05) is 4.90 Å². The lowest BCUT2D eigenvalue weighted by Gasteiger charge is -2.18. The summed E-state index contributed by atoms with van der Waals surface area (Å²) in [5.74, 6) is 1.46. The second-order valence-corrected chi connectivity index (χ2v) is 11.1. The molecule has 0 bridgehead atoms. The molecule has 1 aliphatic rings. The van der Waals surface area contributed by atoms with Gasteiger partial charge in [-0.2, -0.15) is 4.99 Å². The largest absolute Gasteiger partial charge is 0.271 e. The molecular formula is C35H27N5S2. The normalized spacial score (nSPS) is 16.4. The molecule has 0 aromatic heterocycles. The number of benzene rings is 5. The van der Waals surface area contributed by atoms with Gasteiger partial charge in [-0.1, -0.05) is 115 Å². The van der Waals surface area contributed by atoms with Gasteiger partial charge < -0.3 is 0 Å². The van der Waals surface area contributed by atoms with Crippen LogP contribution in [0.3, 0.4) is 0 Å². The standard InChI is InChI=1S/C35H27N5S2/c1-6-16-27(17-7-1)26-41-34(38-30-22-12-4-13-23-30)39-35-40(31-24-14-5-15-25-31)32(36-28-18-8-2-9-19-28)33(42-35)37-29-20-10-3-11-21-29/h1-25H,26H2/b36-32?,37-33?,38-34?,39-35+. The third-order valence-electron chi connectivity index (χ3n) is 6.16. The van der Waals surface area contributed by atoms with E-state index in [4.69, 9.17) is 20.0 Å². The number of hydrogen-bond acceptors (Lipinski definition) is 5. The highest BCUT2D eigenvalue weighted by Crippen LogP contribution is 2.34. The average Bonchev–Trinajstić information content (AvgIpc) is 3.37. The summed E-state index contributed by atoms with van der Waals surface area (Å²) >= 11 is 3.10. The van der Waals surface area contributed by atoms with Crippen molar-refractivity contribution >= 4 is 67.5 Å². The van der Waals surface area contributed by atoms with Gasteiger partial charge in [0, 0.05) is 11.4 Å². The Labute approximate surface area is 254 Å². The van der Waals surface area contributed by atoms with Gasteiger partial charge >= 0.3 is 0 Å². The minimum Gasteiger partial charge on any atom is -0.271 e. The average molecular weight is 582 g/mol. The van der Waals surface area contributed by atoms with Crippen LogP contribution in [0.25, 0.3) is 0 Å². The topological polar surface area (TPSA) is 52.7 Å². The van der Waals surface area contributed by atoms with Gasteiger partial charge in [-0.05, 0) is 65.9 Å². The zero-order valence-electron chi connectivity index (χ0n) is 22.7. The van der Waals surface area contributed by atoms with Crippen LogP contribution in [0, 0.1) is 0 Å². The Hall–Kier alpha value is -4.72. The molecule has 1 heterocycles. The molecule has 42 heavy (non-hydrogen) atoms. The van der Waals surface area contributed by atoms with Crippen LogP contribution in [-0.4, -0.2) is 21.2 Å². The van der Waals surface area contributed by atoms with Gasteiger partial charge in [-0.3, -0.25) is 4.90 Å². The number of thioether (sulfide) groups is 2. The lowest BCUT2D eigenvalue weighted by atomic mass is 10.2. The van der Waals surface area contributed by atoms with Crippen LogP contribution in [0.4, 0.5) is 22.7 Å². The van der Waals surface area contributed by atoms with E-state index in [1.807, 2.05) is 115 Å². The van der Waals surface area contributed by atoms with Gasteiger partial charge in [0.2, 0.25) is 0 Å². The minimum absolute atomic E-state index is 0.661. The van der Waals surface area contributed by atoms with E-state index in [1.54, 1.807) is 11.8 Å². The van der Waals surface area contributed by atoms with E-state index in [1.165, 1.54) is 17.3 Å². The summed E-state index contributed by atoms with van der Waals surface area (Å²) < 4.78 is 0. The Balaban J connectivity index is 1.48. The smallest absolute Gasteiger partial charge is 0.190 e. The Morgan fingerprint density at radius 3 is 1.67 bits per heavy atom. The first-order valence-electron chi connectivity index (χ1n) is 13.5. The van der Waals surface area contributed by atoms with Crippen molar-refractivity contribution in [2.45, 2.75) is 5.75 Å². The molecule has 0 saturated carbocycles. The molecule has 0 unspecified atom stereocenters. The Morgan fingerprint density at radius 1 is 0.571 bits per heavy atom. The zero-order valence-corrected chi connectivity index (χ0v) is 24.3. The van der Waals surface area contributed by atoms with Crippen LogP contribution in [-0.2, 0) is 5.75 Å². The second-order valence-electron chi connectivity index (χ2n) is 9.20. The summed E-state index contributed by atoms with van der Waals surface area (Å²) in [4.78, 5) is 22.3. The quantitative estimate of drug-likeness (QED) is 0.148. The van der Waals surface area contributed by atoms with E-state index in [0.29, 0.717) is 11.0 Å². The predicted octanol–water partition coefficient (Wildman–Crippen LogP) is 9.68. The van der Waals surface area contributed by atoms with E-state index >= 15 is 0 Å². The third-order valence-corrected chi connectivity index (χ3v) is 8.00. The molecule has 204 valence electrons. The molecule has 7 heteroatoms. The second kappa shape index (κ2) is 13.8. The molecule has 0 atom stereocenters. The lowest BCUT2D eigenvalue weighted by Crippen LogP contribution is -2.31. The molecule has 1 fully saturated rings. The van der Waals surface area contributed by atoms with Gasteiger partial charge in [0.05, 0.1) is 17.1 Å². The number of anilines is 1. The van der Waals surface area contributed by atoms with Crippen LogP contribution < -0.4 is 4.90 Å². The highest BCUT2D eigenvalue weighted by Gasteiger charge is 2.35. The van der Waals surface area contributed by atoms with Crippen molar-refractivity contribution in [2.24, 2.45) is 20.0 Å². The van der Waals surface area contributed by atoms with E-state index in [9.17, 15) is 0 Å². The first-order chi connectivity index (χ1) is 20.8. The molecule has 0 amide bonds. The molecule has 5 aromatic rings. The fourth-order valence-electron chi connectivity index (χ4n) is 4.17. The highest BCUT2D eigenvalue weighted by molar-refractivity contribution is 8.29. The molecule has 5 aromatic carbocycles. The Kier molecular flexibility index (Phi) is 9.00. The number of aliphatic imine (C=N–C) groups is 4. The summed E-state index contributed by atoms with van der Waals surface area (Å²) in [6.07, 6.45) is 0. The SMILES string of the molecule is c1ccc(CSC(=Nc2ccccc2)/N=C2/SC(=Nc3ccccc3)C(=Nc3ccccc3)N2c2ccccc2)cc1. The summed E-state index contributed by atoms with van der Waals surface area (Å²) in [6, 6.07) is 50.4. The number of amidine groups is 3. The first kappa shape index (κ1) is 27.4. The van der Waals surface area contributed by atoms with E-state index in [2.05, 4.69) is 41.3 Å². The zero-order chi connectivity index (χ0) is 28.4. The van der Waals surface area contributed by atoms with Crippen molar-refractivity contribution in [3.8, 4) is 0 Å². The summed E-state index contributed by atoms with van der Waals surface area (Å²) in [5, 5.41) is 2.16. The Bertz CT molecular complexity index is 1720. The van der Waals surface area contributed by atoms with Crippen LogP contribution in [0.2, 0.25) is 0 Å². The Morgan fingerprint density at radius 2 is 1.07 bits per heavy atom. The van der Waals surface area contributed by atoms with Gasteiger partial charge in [-0.15, -0.1) is 0 Å². The molecule has 0 N–H and O–H groups in total. The van der Waals surface area contributed by atoms with Gasteiger partial charge in [0.15, 0.2) is 16.2 Å². The van der Waals surface area contributed by atoms with Gasteiger partial charge in [0.1, 0.15) is 5.04 Å². The summed E-state index contributed by atoms with van der Waals surface area (Å²) in [5.41, 5.74) is 4.70. The maximum atomic E-state index is 5.18. The third kappa shape index (κ3) is 7.13. The fraction of sp³-hybridized carbons (Fsp3) is 0.0286. The monoisotopic (exact) mass is 581 g/mol. The van der Waals surface area contributed by atoms with Crippen LogP contribution in [0.1, 0.15) is 5.56 Å². The van der Waals surface area contributed by atoms with Crippen LogP contribution in [0.15, 0.2) is 172 Å². The number of rotatable bonds is 6. The van der Waals surface area contributed by atoms with Crippen molar-refractivity contribution in [3.63, 3.8) is 0 Å². The molecular weight excluding hydrogens is 555 g/mol. The van der Waals surface area contributed by atoms with Crippen LogP contribution in [0.5, 0.6) is 0 Å². The van der Waals surface area contributed by atoms with E-state index in [0.717, 1.165) is 38.7 Å². The fourth-order valence-corrected chi connectivity index (χ4v) is 6.00. The molecule has 0 spiro atoms. The summed E-state index contributed by atoms with van der Waals surface area (Å²) in [7, 11) is 0. The van der Waals surface area contributed by atoms with Crippen molar-refractivity contribution in [3.05, 3.63) is 157 Å². The van der Waals surface area contributed by atoms with E-state index < -0.39 is 0 Å². The molecule has 0 aliphatic carbocycles.